The van der Waals surface area contributed by atoms with Gasteiger partial charge in [-0.3, -0.25) is 0 Å². The number of aliphatic hydroxyl groups is 1. The molecule has 0 amide bonds. The van der Waals surface area contributed by atoms with Crippen molar-refractivity contribution in [1.82, 2.24) is 0 Å². The first kappa shape index (κ1) is 14.4. The van der Waals surface area contributed by atoms with E-state index < -0.39 is 17.8 Å². The van der Waals surface area contributed by atoms with Crippen LogP contribution in [0, 0.1) is 0 Å². The molecule has 106 valence electrons. The molecule has 0 aliphatic rings. The number of halogens is 3. The molecular weight excluding hydrogens is 267 g/mol. The molecular formula is C15H14F3NO. The summed E-state index contributed by atoms with van der Waals surface area (Å²) in [6, 6.07) is 11.6. The van der Waals surface area contributed by atoms with Crippen LogP contribution in [0.25, 0.3) is 0 Å². The zero-order chi connectivity index (χ0) is 14.8. The molecule has 0 aromatic heterocycles. The minimum atomic E-state index is -4.38. The van der Waals surface area contributed by atoms with Crippen LogP contribution in [0.2, 0.25) is 0 Å². The summed E-state index contributed by atoms with van der Waals surface area (Å²) in [5.74, 6) is 0. The van der Waals surface area contributed by atoms with E-state index in [9.17, 15) is 18.3 Å². The van der Waals surface area contributed by atoms with Gasteiger partial charge in [-0.1, -0.05) is 30.3 Å². The summed E-state index contributed by atoms with van der Waals surface area (Å²) in [6.07, 6.45) is -5.16. The van der Waals surface area contributed by atoms with Crippen LogP contribution in [0.15, 0.2) is 48.5 Å². The van der Waals surface area contributed by atoms with Crippen LogP contribution in [0.3, 0.4) is 0 Å². The number of nitrogens with two attached hydrogens (primary N) is 1. The van der Waals surface area contributed by atoms with E-state index in [1.807, 2.05) is 0 Å². The molecule has 0 spiro atoms. The van der Waals surface area contributed by atoms with Gasteiger partial charge in [0.1, 0.15) is 0 Å². The molecule has 1 unspecified atom stereocenters. The molecule has 0 aliphatic carbocycles. The Morgan fingerprint density at radius 2 is 1.75 bits per heavy atom. The van der Waals surface area contributed by atoms with Gasteiger partial charge in [-0.05, 0) is 29.3 Å². The molecule has 0 aliphatic heterocycles. The maximum absolute atomic E-state index is 12.6. The van der Waals surface area contributed by atoms with Gasteiger partial charge in [0, 0.05) is 12.1 Å². The molecule has 3 N–H and O–H groups in total. The summed E-state index contributed by atoms with van der Waals surface area (Å²) >= 11 is 0. The quantitative estimate of drug-likeness (QED) is 0.845. The van der Waals surface area contributed by atoms with Gasteiger partial charge < -0.3 is 10.8 Å². The summed E-state index contributed by atoms with van der Waals surface area (Å²) in [6.45, 7) is 0. The van der Waals surface area contributed by atoms with E-state index in [0.29, 0.717) is 16.8 Å². The third kappa shape index (κ3) is 3.51. The van der Waals surface area contributed by atoms with E-state index in [-0.39, 0.29) is 6.42 Å². The van der Waals surface area contributed by atoms with Crippen molar-refractivity contribution in [2.45, 2.75) is 18.7 Å². The molecule has 0 saturated carbocycles. The van der Waals surface area contributed by atoms with Crippen molar-refractivity contribution in [3.8, 4) is 0 Å². The zero-order valence-electron chi connectivity index (χ0n) is 10.6. The van der Waals surface area contributed by atoms with Gasteiger partial charge in [0.15, 0.2) is 0 Å². The minimum Gasteiger partial charge on any atom is -0.399 e. The van der Waals surface area contributed by atoms with Crippen LogP contribution in [-0.4, -0.2) is 5.11 Å². The predicted molar refractivity (Wildman–Crippen MR) is 71.0 cm³/mol. The largest absolute Gasteiger partial charge is 0.416 e. The van der Waals surface area contributed by atoms with Crippen molar-refractivity contribution < 1.29 is 18.3 Å². The van der Waals surface area contributed by atoms with Crippen LogP contribution in [0.4, 0.5) is 18.9 Å². The number of rotatable bonds is 3. The van der Waals surface area contributed by atoms with Crippen LogP contribution < -0.4 is 5.73 Å². The monoisotopic (exact) mass is 281 g/mol. The zero-order valence-corrected chi connectivity index (χ0v) is 10.6. The Labute approximate surface area is 114 Å². The van der Waals surface area contributed by atoms with Gasteiger partial charge in [-0.15, -0.1) is 0 Å². The molecule has 2 aromatic carbocycles. The summed E-state index contributed by atoms with van der Waals surface area (Å²) in [7, 11) is 0. The number of alkyl halides is 3. The van der Waals surface area contributed by atoms with E-state index in [1.165, 1.54) is 6.07 Å². The van der Waals surface area contributed by atoms with Gasteiger partial charge >= 0.3 is 6.18 Å². The Morgan fingerprint density at radius 3 is 2.40 bits per heavy atom. The number of hydrogen-bond acceptors (Lipinski definition) is 2. The molecule has 0 fully saturated rings. The van der Waals surface area contributed by atoms with E-state index in [2.05, 4.69) is 0 Å². The second kappa shape index (κ2) is 5.54. The molecule has 2 nitrogen and oxygen atoms in total. The lowest BCUT2D eigenvalue weighted by atomic mass is 9.99. The molecule has 0 bridgehead atoms. The number of aliphatic hydroxyl groups excluding tert-OH is 1. The number of hydrogen-bond donors (Lipinski definition) is 2. The molecule has 2 aromatic rings. The number of anilines is 1. The summed E-state index contributed by atoms with van der Waals surface area (Å²) < 4.78 is 37.8. The lowest BCUT2D eigenvalue weighted by Gasteiger charge is -2.13. The van der Waals surface area contributed by atoms with Crippen LogP contribution >= 0.6 is 0 Å². The molecule has 2 rings (SSSR count). The van der Waals surface area contributed by atoms with Gasteiger partial charge in [0.2, 0.25) is 0 Å². The second-order valence-corrected chi connectivity index (χ2v) is 4.59. The maximum atomic E-state index is 12.6. The van der Waals surface area contributed by atoms with Gasteiger partial charge in [0.25, 0.3) is 0 Å². The van der Waals surface area contributed by atoms with E-state index >= 15 is 0 Å². The highest BCUT2D eigenvalue weighted by atomic mass is 19.4. The lowest BCUT2D eigenvalue weighted by molar-refractivity contribution is -0.137. The molecule has 20 heavy (non-hydrogen) atoms. The predicted octanol–water partition coefficient (Wildman–Crippen LogP) is 3.56. The van der Waals surface area contributed by atoms with Gasteiger partial charge in [-0.25, -0.2) is 0 Å². The maximum Gasteiger partial charge on any atom is 0.416 e. The highest BCUT2D eigenvalue weighted by Crippen LogP contribution is 2.30. The van der Waals surface area contributed by atoms with Crippen molar-refractivity contribution in [1.29, 1.82) is 0 Å². The van der Waals surface area contributed by atoms with Crippen molar-refractivity contribution in [2.24, 2.45) is 0 Å². The Morgan fingerprint density at radius 1 is 1.05 bits per heavy atom. The van der Waals surface area contributed by atoms with Crippen molar-refractivity contribution >= 4 is 5.69 Å². The smallest absolute Gasteiger partial charge is 0.399 e. The average Bonchev–Trinajstić information content (AvgIpc) is 2.38. The first-order valence-electron chi connectivity index (χ1n) is 6.06. The summed E-state index contributed by atoms with van der Waals surface area (Å²) in [5.41, 5.74) is 6.41. The Hall–Kier alpha value is -2.01. The fourth-order valence-electron chi connectivity index (χ4n) is 1.98. The van der Waals surface area contributed by atoms with Gasteiger partial charge in [0.05, 0.1) is 11.7 Å². The molecule has 5 heteroatoms. The van der Waals surface area contributed by atoms with Crippen molar-refractivity contribution in [2.75, 3.05) is 5.73 Å². The van der Waals surface area contributed by atoms with Gasteiger partial charge in [-0.2, -0.15) is 13.2 Å². The van der Waals surface area contributed by atoms with E-state index in [0.717, 1.165) is 12.1 Å². The number of nitrogen functional groups attached to an aromatic ring is 1. The molecule has 1 atom stereocenters. The Bertz CT molecular complexity index is 596. The third-order valence-electron chi connectivity index (χ3n) is 2.98. The fourth-order valence-corrected chi connectivity index (χ4v) is 1.98. The molecule has 0 saturated heterocycles. The van der Waals surface area contributed by atoms with Crippen LogP contribution in [0.5, 0.6) is 0 Å². The van der Waals surface area contributed by atoms with E-state index in [4.69, 9.17) is 5.73 Å². The SMILES string of the molecule is Nc1cccc(C(O)Cc2cccc(C(F)(F)F)c2)c1. The van der Waals surface area contributed by atoms with Crippen LogP contribution in [0.1, 0.15) is 22.8 Å². The first-order chi connectivity index (χ1) is 9.36. The highest BCUT2D eigenvalue weighted by molar-refractivity contribution is 5.41. The standard InChI is InChI=1S/C15H14F3NO/c16-15(17,18)12-5-1-3-10(7-12)8-14(20)11-4-2-6-13(19)9-11/h1-7,9,14,20H,8,19H2. The van der Waals surface area contributed by atoms with Crippen molar-refractivity contribution in [3.05, 3.63) is 65.2 Å². The molecule has 0 heterocycles. The minimum absolute atomic E-state index is 0.105. The van der Waals surface area contributed by atoms with E-state index in [1.54, 1.807) is 30.3 Å². The first-order valence-corrected chi connectivity index (χ1v) is 6.06. The fraction of sp³-hybridized carbons (Fsp3) is 0.200. The third-order valence-corrected chi connectivity index (χ3v) is 2.98. The topological polar surface area (TPSA) is 46.2 Å². The van der Waals surface area contributed by atoms with Crippen LogP contribution in [-0.2, 0) is 12.6 Å². The van der Waals surface area contributed by atoms with Crippen molar-refractivity contribution in [3.63, 3.8) is 0 Å². The summed E-state index contributed by atoms with van der Waals surface area (Å²) in [4.78, 5) is 0. The Kier molecular flexibility index (Phi) is 3.99. The molecule has 0 radical (unpaired) electrons. The normalized spacial score (nSPS) is 13.2. The number of benzene rings is 2. The Balaban J connectivity index is 2.18. The summed E-state index contributed by atoms with van der Waals surface area (Å²) in [5, 5.41) is 10.1. The average molecular weight is 281 g/mol. The lowest BCUT2D eigenvalue weighted by Crippen LogP contribution is -2.07. The highest BCUT2D eigenvalue weighted by Gasteiger charge is 2.30. The second-order valence-electron chi connectivity index (χ2n) is 4.59.